The molecule has 0 rings (SSSR count). The number of ketones is 1. The fourth-order valence-electron chi connectivity index (χ4n) is 0.869. The van der Waals surface area contributed by atoms with Gasteiger partial charge in [0.25, 0.3) is 0 Å². The highest BCUT2D eigenvalue weighted by Crippen LogP contribution is 2.02. The van der Waals surface area contributed by atoms with E-state index in [1.807, 2.05) is 6.92 Å². The number of carbonyl (C=O) groups excluding carboxylic acids is 1. The molecule has 1 atom stereocenters. The maximum atomic E-state index is 10.6. The van der Waals surface area contributed by atoms with Gasteiger partial charge in [0.15, 0.2) is 0 Å². The Morgan fingerprint density at radius 2 is 2.36 bits per heavy atom. The van der Waals surface area contributed by atoms with Crippen LogP contribution in [0.25, 0.3) is 0 Å². The molecule has 0 spiro atoms. The van der Waals surface area contributed by atoms with Crippen LogP contribution in [0, 0.1) is 18.3 Å². The maximum Gasteiger partial charge on any atom is 0.130 e. The molecule has 0 saturated carbocycles. The topological polar surface area (TPSA) is 26.3 Å². The molecule has 0 radical (unpaired) electrons. The molecule has 2 heteroatoms. The first kappa shape index (κ1) is 10.2. The molecule has 1 unspecified atom stereocenters. The zero-order valence-electron chi connectivity index (χ0n) is 7.09. The third-order valence-electron chi connectivity index (χ3n) is 1.22. The molecule has 62 valence electrons. The third kappa shape index (κ3) is 7.08. The Bertz CT molecular complexity index is 155. The average Bonchev–Trinajstić information content (AvgIpc) is 1.86. The SMILES string of the molecule is C#CCOCC(C)CC(C)=O. The van der Waals surface area contributed by atoms with E-state index in [0.717, 1.165) is 0 Å². The van der Waals surface area contributed by atoms with Crippen LogP contribution in [-0.2, 0) is 9.53 Å². The van der Waals surface area contributed by atoms with Gasteiger partial charge in [0.2, 0.25) is 0 Å². The van der Waals surface area contributed by atoms with E-state index in [4.69, 9.17) is 11.2 Å². The summed E-state index contributed by atoms with van der Waals surface area (Å²) in [5.41, 5.74) is 0. The van der Waals surface area contributed by atoms with Crippen molar-refractivity contribution in [3.05, 3.63) is 0 Å². The first-order valence-electron chi connectivity index (χ1n) is 3.67. The van der Waals surface area contributed by atoms with Crippen LogP contribution in [0.15, 0.2) is 0 Å². The van der Waals surface area contributed by atoms with Gasteiger partial charge >= 0.3 is 0 Å². The number of Topliss-reactive ketones (excluding diaryl/α,β-unsaturated/α-hetero) is 1. The van der Waals surface area contributed by atoms with Crippen LogP contribution in [0.4, 0.5) is 0 Å². The molecule has 0 aromatic rings. The Labute approximate surface area is 67.9 Å². The van der Waals surface area contributed by atoms with E-state index in [-0.39, 0.29) is 11.7 Å². The Morgan fingerprint density at radius 1 is 1.73 bits per heavy atom. The summed E-state index contributed by atoms with van der Waals surface area (Å²) >= 11 is 0. The van der Waals surface area contributed by atoms with Crippen LogP contribution >= 0.6 is 0 Å². The summed E-state index contributed by atoms with van der Waals surface area (Å²) < 4.78 is 5.06. The van der Waals surface area contributed by atoms with E-state index >= 15 is 0 Å². The fourth-order valence-corrected chi connectivity index (χ4v) is 0.869. The van der Waals surface area contributed by atoms with Gasteiger partial charge < -0.3 is 9.53 Å². The number of hydrogen-bond donors (Lipinski definition) is 0. The van der Waals surface area contributed by atoms with Crippen molar-refractivity contribution in [3.8, 4) is 12.3 Å². The second-order valence-electron chi connectivity index (χ2n) is 2.73. The van der Waals surface area contributed by atoms with Crippen LogP contribution in [0.3, 0.4) is 0 Å². The Kier molecular flexibility index (Phi) is 5.50. The highest BCUT2D eigenvalue weighted by atomic mass is 16.5. The average molecular weight is 154 g/mol. The number of ether oxygens (including phenoxy) is 1. The maximum absolute atomic E-state index is 10.6. The number of terminal acetylenes is 1. The molecular formula is C9H14O2. The summed E-state index contributed by atoms with van der Waals surface area (Å²) in [6.07, 6.45) is 5.55. The van der Waals surface area contributed by atoms with Gasteiger partial charge in [-0.2, -0.15) is 0 Å². The lowest BCUT2D eigenvalue weighted by Crippen LogP contribution is -2.09. The quantitative estimate of drug-likeness (QED) is 0.440. The molecule has 0 bridgehead atoms. The van der Waals surface area contributed by atoms with Crippen molar-refractivity contribution in [1.29, 1.82) is 0 Å². The number of hydrogen-bond acceptors (Lipinski definition) is 2. The Morgan fingerprint density at radius 3 is 2.82 bits per heavy atom. The van der Waals surface area contributed by atoms with E-state index in [0.29, 0.717) is 19.6 Å². The first-order chi connectivity index (χ1) is 5.16. The highest BCUT2D eigenvalue weighted by molar-refractivity contribution is 5.75. The predicted octanol–water partition coefficient (Wildman–Crippen LogP) is 1.25. The standard InChI is InChI=1S/C9H14O2/c1-4-5-11-7-8(2)6-9(3)10/h1,8H,5-7H2,2-3H3. The van der Waals surface area contributed by atoms with Crippen LogP contribution in [-0.4, -0.2) is 19.0 Å². The van der Waals surface area contributed by atoms with Gasteiger partial charge in [-0.3, -0.25) is 0 Å². The monoisotopic (exact) mass is 154 g/mol. The molecule has 0 aliphatic heterocycles. The van der Waals surface area contributed by atoms with Gasteiger partial charge in [0.1, 0.15) is 12.4 Å². The van der Waals surface area contributed by atoms with Crippen molar-refractivity contribution in [2.45, 2.75) is 20.3 Å². The summed E-state index contributed by atoms with van der Waals surface area (Å²) in [6, 6.07) is 0. The lowest BCUT2D eigenvalue weighted by atomic mass is 10.1. The van der Waals surface area contributed by atoms with Crippen LogP contribution in [0.5, 0.6) is 0 Å². The molecule has 0 saturated heterocycles. The largest absolute Gasteiger partial charge is 0.369 e. The van der Waals surface area contributed by atoms with Crippen molar-refractivity contribution in [3.63, 3.8) is 0 Å². The fraction of sp³-hybridized carbons (Fsp3) is 0.667. The molecule has 0 aromatic carbocycles. The van der Waals surface area contributed by atoms with Crippen molar-refractivity contribution < 1.29 is 9.53 Å². The second-order valence-corrected chi connectivity index (χ2v) is 2.73. The zero-order chi connectivity index (χ0) is 8.69. The third-order valence-corrected chi connectivity index (χ3v) is 1.22. The second kappa shape index (κ2) is 5.94. The number of carbonyl (C=O) groups is 1. The van der Waals surface area contributed by atoms with Crippen molar-refractivity contribution in [1.82, 2.24) is 0 Å². The van der Waals surface area contributed by atoms with E-state index in [1.165, 1.54) is 0 Å². The highest BCUT2D eigenvalue weighted by Gasteiger charge is 2.04. The van der Waals surface area contributed by atoms with Crippen molar-refractivity contribution >= 4 is 5.78 Å². The van der Waals surface area contributed by atoms with Gasteiger partial charge in [-0.05, 0) is 12.8 Å². The van der Waals surface area contributed by atoms with Crippen molar-refractivity contribution in [2.24, 2.45) is 5.92 Å². The van der Waals surface area contributed by atoms with Gasteiger partial charge in [-0.15, -0.1) is 6.42 Å². The minimum absolute atomic E-state index is 0.196. The van der Waals surface area contributed by atoms with Crippen LogP contribution in [0.1, 0.15) is 20.3 Å². The minimum atomic E-state index is 0.196. The molecule has 0 aromatic heterocycles. The molecular weight excluding hydrogens is 140 g/mol. The molecule has 0 amide bonds. The molecule has 0 N–H and O–H groups in total. The summed E-state index contributed by atoms with van der Waals surface area (Å²) in [7, 11) is 0. The van der Waals surface area contributed by atoms with Gasteiger partial charge in [-0.1, -0.05) is 12.8 Å². The predicted molar refractivity (Wildman–Crippen MR) is 44.1 cm³/mol. The molecule has 11 heavy (non-hydrogen) atoms. The van der Waals surface area contributed by atoms with E-state index in [9.17, 15) is 4.79 Å². The summed E-state index contributed by atoms with van der Waals surface area (Å²) in [4.78, 5) is 10.6. The van der Waals surface area contributed by atoms with Crippen LogP contribution in [0.2, 0.25) is 0 Å². The summed E-state index contributed by atoms with van der Waals surface area (Å²) in [5, 5.41) is 0. The molecule has 0 heterocycles. The number of rotatable bonds is 5. The Balaban J connectivity index is 3.31. The van der Waals surface area contributed by atoms with Crippen molar-refractivity contribution in [2.75, 3.05) is 13.2 Å². The van der Waals surface area contributed by atoms with E-state index < -0.39 is 0 Å². The molecule has 0 fully saturated rings. The lowest BCUT2D eigenvalue weighted by molar-refractivity contribution is -0.118. The summed E-state index contributed by atoms with van der Waals surface area (Å²) in [6.45, 7) is 4.46. The molecule has 0 aliphatic carbocycles. The zero-order valence-corrected chi connectivity index (χ0v) is 7.09. The van der Waals surface area contributed by atoms with Gasteiger partial charge in [0.05, 0.1) is 6.61 Å². The Hall–Kier alpha value is -0.810. The first-order valence-corrected chi connectivity index (χ1v) is 3.67. The van der Waals surface area contributed by atoms with Gasteiger partial charge in [0, 0.05) is 6.42 Å². The molecule has 2 nitrogen and oxygen atoms in total. The minimum Gasteiger partial charge on any atom is -0.369 e. The van der Waals surface area contributed by atoms with Gasteiger partial charge in [-0.25, -0.2) is 0 Å². The van der Waals surface area contributed by atoms with Crippen LogP contribution < -0.4 is 0 Å². The smallest absolute Gasteiger partial charge is 0.130 e. The molecule has 0 aliphatic rings. The lowest BCUT2D eigenvalue weighted by Gasteiger charge is -2.07. The van der Waals surface area contributed by atoms with E-state index in [1.54, 1.807) is 6.92 Å². The normalized spacial score (nSPS) is 12.1. The van der Waals surface area contributed by atoms with E-state index in [2.05, 4.69) is 5.92 Å². The summed E-state index contributed by atoms with van der Waals surface area (Å²) in [5.74, 6) is 2.84.